The molecule has 0 aliphatic heterocycles. The van der Waals surface area contributed by atoms with E-state index in [1.54, 1.807) is 11.3 Å². The zero-order chi connectivity index (χ0) is 8.55. The number of nitriles is 1. The van der Waals surface area contributed by atoms with E-state index in [9.17, 15) is 0 Å². The Morgan fingerprint density at radius 3 is 3.08 bits per heavy atom. The minimum Gasteiger partial charge on any atom is -0.252 e. The topological polar surface area (TPSA) is 36.7 Å². The third kappa shape index (κ3) is 1.08. The van der Waals surface area contributed by atoms with Crippen LogP contribution in [0.1, 0.15) is 5.56 Å². The van der Waals surface area contributed by atoms with Crippen LogP contribution in [0.3, 0.4) is 0 Å². The van der Waals surface area contributed by atoms with Gasteiger partial charge in [0.05, 0.1) is 21.8 Å². The Balaban J connectivity index is 2.77. The van der Waals surface area contributed by atoms with Crippen LogP contribution in [0, 0.1) is 11.3 Å². The molecular weight excluding hydrogens is 167 g/mol. The number of hydrogen-bond donors (Lipinski definition) is 0. The van der Waals surface area contributed by atoms with Gasteiger partial charge in [0.2, 0.25) is 0 Å². The fraction of sp³-hybridized carbons (Fsp3) is 0. The monoisotopic (exact) mass is 172 g/mol. The predicted octanol–water partition coefficient (Wildman–Crippen LogP) is 0.426. The number of rotatable bonds is 0. The maximum Gasteiger partial charge on any atom is 0.177 e. The molecule has 0 atom stereocenters. The molecule has 0 N–H and O–H groups in total. The zero-order valence-corrected chi connectivity index (χ0v) is 7.35. The SMILES string of the molecule is Bc1nc2cc(C#N)ccc2s1. The Morgan fingerprint density at radius 2 is 2.33 bits per heavy atom. The van der Waals surface area contributed by atoms with Crippen molar-refractivity contribution in [1.82, 2.24) is 4.98 Å². The second-order valence-corrected chi connectivity index (χ2v) is 3.76. The van der Waals surface area contributed by atoms with E-state index < -0.39 is 0 Å². The molecular formula is C8H5BN2S. The van der Waals surface area contributed by atoms with Crippen molar-refractivity contribution in [3.63, 3.8) is 0 Å². The smallest absolute Gasteiger partial charge is 0.177 e. The normalized spacial score (nSPS) is 9.92. The molecule has 0 saturated heterocycles. The summed E-state index contributed by atoms with van der Waals surface area (Å²) in [6.07, 6.45) is 0. The molecule has 0 amide bonds. The van der Waals surface area contributed by atoms with E-state index in [0.29, 0.717) is 5.56 Å². The van der Waals surface area contributed by atoms with E-state index >= 15 is 0 Å². The minimum atomic E-state index is 0.674. The zero-order valence-electron chi connectivity index (χ0n) is 6.53. The molecule has 4 heteroatoms. The number of thiazole rings is 1. The lowest BCUT2D eigenvalue weighted by Gasteiger charge is -1.86. The van der Waals surface area contributed by atoms with Crippen LogP contribution >= 0.6 is 11.3 Å². The molecule has 2 aromatic rings. The second-order valence-electron chi connectivity index (χ2n) is 2.53. The molecule has 0 unspecified atom stereocenters. The maximum atomic E-state index is 8.63. The van der Waals surface area contributed by atoms with Gasteiger partial charge in [0, 0.05) is 4.91 Å². The molecule has 2 nitrogen and oxygen atoms in total. The van der Waals surface area contributed by atoms with E-state index in [1.165, 1.54) is 0 Å². The molecule has 56 valence electrons. The first-order valence-electron chi connectivity index (χ1n) is 3.57. The Kier molecular flexibility index (Phi) is 1.59. The summed E-state index contributed by atoms with van der Waals surface area (Å²) in [6.45, 7) is 0. The summed E-state index contributed by atoms with van der Waals surface area (Å²) in [6, 6.07) is 7.67. The molecule has 0 saturated carbocycles. The number of benzene rings is 1. The number of fused-ring (bicyclic) bond motifs is 1. The lowest BCUT2D eigenvalue weighted by atomic mass is 10.2. The van der Waals surface area contributed by atoms with Crippen LogP contribution in [-0.4, -0.2) is 12.8 Å². The number of nitrogens with zero attached hydrogens (tertiary/aromatic N) is 2. The van der Waals surface area contributed by atoms with Gasteiger partial charge in [0.15, 0.2) is 7.85 Å². The number of hydrogen-bond acceptors (Lipinski definition) is 3. The van der Waals surface area contributed by atoms with Crippen LogP contribution < -0.4 is 4.91 Å². The lowest BCUT2D eigenvalue weighted by Crippen LogP contribution is -1.96. The highest BCUT2D eigenvalue weighted by atomic mass is 32.1. The van der Waals surface area contributed by atoms with Crippen LogP contribution in [-0.2, 0) is 0 Å². The van der Waals surface area contributed by atoms with E-state index in [0.717, 1.165) is 15.1 Å². The van der Waals surface area contributed by atoms with Crippen molar-refractivity contribution < 1.29 is 0 Å². The van der Waals surface area contributed by atoms with Gasteiger partial charge < -0.3 is 0 Å². The third-order valence-corrected chi connectivity index (χ3v) is 2.58. The van der Waals surface area contributed by atoms with Gasteiger partial charge in [0.25, 0.3) is 0 Å². The van der Waals surface area contributed by atoms with Gasteiger partial charge in [-0.1, -0.05) is 0 Å². The van der Waals surface area contributed by atoms with Crippen LogP contribution in [0.4, 0.5) is 0 Å². The second kappa shape index (κ2) is 2.61. The quantitative estimate of drug-likeness (QED) is 0.540. The fourth-order valence-electron chi connectivity index (χ4n) is 1.11. The van der Waals surface area contributed by atoms with Gasteiger partial charge in [-0.25, -0.2) is 0 Å². The maximum absolute atomic E-state index is 8.63. The van der Waals surface area contributed by atoms with Gasteiger partial charge in [-0.3, -0.25) is 4.98 Å². The van der Waals surface area contributed by atoms with Gasteiger partial charge in [-0.2, -0.15) is 5.26 Å². The van der Waals surface area contributed by atoms with Crippen molar-refractivity contribution in [3.05, 3.63) is 23.8 Å². The highest BCUT2D eigenvalue weighted by molar-refractivity contribution is 7.25. The predicted molar refractivity (Wildman–Crippen MR) is 52.5 cm³/mol. The average Bonchev–Trinajstić information content (AvgIpc) is 2.43. The first-order chi connectivity index (χ1) is 5.79. The summed E-state index contributed by atoms with van der Waals surface area (Å²) in [5.41, 5.74) is 1.60. The Morgan fingerprint density at radius 1 is 1.50 bits per heavy atom. The Hall–Kier alpha value is -1.34. The summed E-state index contributed by atoms with van der Waals surface area (Å²) in [5, 5.41) is 8.63. The molecule has 0 bridgehead atoms. The summed E-state index contributed by atoms with van der Waals surface area (Å²) in [5.74, 6) is 0. The van der Waals surface area contributed by atoms with E-state index in [2.05, 4.69) is 11.1 Å². The van der Waals surface area contributed by atoms with Gasteiger partial charge >= 0.3 is 0 Å². The largest absolute Gasteiger partial charge is 0.252 e. The molecule has 0 fully saturated rings. The standard InChI is InChI=1S/C8H5BN2S/c9-8-11-6-3-5(4-10)1-2-7(6)12-8/h1-3H,9H2. The summed E-state index contributed by atoms with van der Waals surface area (Å²) >= 11 is 1.65. The Bertz CT molecular complexity index is 469. The first-order valence-corrected chi connectivity index (χ1v) is 4.38. The molecule has 0 radical (unpaired) electrons. The van der Waals surface area contributed by atoms with Crippen LogP contribution in [0.5, 0.6) is 0 Å². The Labute approximate surface area is 74.9 Å². The third-order valence-electron chi connectivity index (χ3n) is 1.62. The summed E-state index contributed by atoms with van der Waals surface area (Å²) in [7, 11) is 1.97. The average molecular weight is 172 g/mol. The van der Waals surface area contributed by atoms with Crippen molar-refractivity contribution in [2.45, 2.75) is 0 Å². The molecule has 2 rings (SSSR count). The molecule has 1 aromatic heterocycles. The number of aromatic nitrogens is 1. The van der Waals surface area contributed by atoms with E-state index in [1.807, 2.05) is 26.0 Å². The van der Waals surface area contributed by atoms with Crippen molar-refractivity contribution in [2.75, 3.05) is 0 Å². The van der Waals surface area contributed by atoms with Crippen molar-refractivity contribution in [3.8, 4) is 6.07 Å². The fourth-order valence-corrected chi connectivity index (χ4v) is 1.92. The molecule has 1 aromatic carbocycles. The van der Waals surface area contributed by atoms with Gasteiger partial charge in [0.1, 0.15) is 0 Å². The van der Waals surface area contributed by atoms with Crippen LogP contribution in [0.25, 0.3) is 10.2 Å². The van der Waals surface area contributed by atoms with E-state index in [-0.39, 0.29) is 0 Å². The van der Waals surface area contributed by atoms with Crippen LogP contribution in [0.2, 0.25) is 0 Å². The highest BCUT2D eigenvalue weighted by Gasteiger charge is 1.99. The molecule has 1 heterocycles. The van der Waals surface area contributed by atoms with E-state index in [4.69, 9.17) is 5.26 Å². The molecule has 12 heavy (non-hydrogen) atoms. The molecule has 0 aliphatic rings. The molecule has 0 aliphatic carbocycles. The molecule has 0 spiro atoms. The van der Waals surface area contributed by atoms with Crippen LogP contribution in [0.15, 0.2) is 18.2 Å². The van der Waals surface area contributed by atoms with Gasteiger partial charge in [-0.05, 0) is 18.2 Å². The van der Waals surface area contributed by atoms with Crippen molar-refractivity contribution in [2.24, 2.45) is 0 Å². The minimum absolute atomic E-state index is 0.674. The highest BCUT2D eigenvalue weighted by Crippen LogP contribution is 2.16. The lowest BCUT2D eigenvalue weighted by molar-refractivity contribution is 1.48. The van der Waals surface area contributed by atoms with Gasteiger partial charge in [-0.15, -0.1) is 11.3 Å². The summed E-state index contributed by atoms with van der Waals surface area (Å²) < 4.78 is 1.14. The van der Waals surface area contributed by atoms with Crippen molar-refractivity contribution in [1.29, 1.82) is 5.26 Å². The van der Waals surface area contributed by atoms with Crippen molar-refractivity contribution >= 4 is 34.3 Å². The first kappa shape index (κ1) is 7.32. The summed E-state index contributed by atoms with van der Waals surface area (Å²) in [4.78, 5) is 5.33.